The molecule has 1 aromatic carbocycles. The second-order valence-corrected chi connectivity index (χ2v) is 4.46. The molecule has 0 radical (unpaired) electrons. The smallest absolute Gasteiger partial charge is 0.261 e. The summed E-state index contributed by atoms with van der Waals surface area (Å²) in [5.41, 5.74) is 4.19. The third kappa shape index (κ3) is 2.01. The van der Waals surface area contributed by atoms with Crippen molar-refractivity contribution in [2.75, 3.05) is 11.9 Å². The van der Waals surface area contributed by atoms with Gasteiger partial charge in [0, 0.05) is 18.4 Å². The Morgan fingerprint density at radius 3 is 2.44 bits per heavy atom. The van der Waals surface area contributed by atoms with Gasteiger partial charge in [-0.1, -0.05) is 18.2 Å². The minimum absolute atomic E-state index is 0.0342. The molecule has 4 nitrogen and oxygen atoms in total. The van der Waals surface area contributed by atoms with E-state index in [1.807, 2.05) is 45.0 Å². The highest BCUT2D eigenvalue weighted by molar-refractivity contribution is 6.07. The van der Waals surface area contributed by atoms with Crippen LogP contribution in [0.3, 0.4) is 0 Å². The van der Waals surface area contributed by atoms with Crippen molar-refractivity contribution < 1.29 is 4.79 Å². The predicted octanol–water partition coefficient (Wildman–Crippen LogP) is 2.61. The molecule has 18 heavy (non-hydrogen) atoms. The maximum Gasteiger partial charge on any atom is 0.261 e. The highest BCUT2D eigenvalue weighted by Gasteiger charge is 2.20. The molecule has 1 aromatic heterocycles. The second-order valence-electron chi connectivity index (χ2n) is 4.46. The van der Waals surface area contributed by atoms with Crippen LogP contribution in [-0.4, -0.2) is 23.2 Å². The largest absolute Gasteiger partial charge is 0.311 e. The molecule has 0 unspecified atom stereocenters. The number of aromatic amines is 1. The molecule has 0 aliphatic rings. The Labute approximate surface area is 107 Å². The molecule has 1 heterocycles. The van der Waals surface area contributed by atoms with Crippen LogP contribution < -0.4 is 4.90 Å². The van der Waals surface area contributed by atoms with Crippen LogP contribution in [0.4, 0.5) is 5.69 Å². The van der Waals surface area contributed by atoms with Gasteiger partial charge in [0.1, 0.15) is 0 Å². The van der Waals surface area contributed by atoms with E-state index in [-0.39, 0.29) is 5.91 Å². The number of amides is 1. The fraction of sp³-hybridized carbons (Fsp3) is 0.286. The zero-order valence-electron chi connectivity index (χ0n) is 11.1. The van der Waals surface area contributed by atoms with E-state index < -0.39 is 0 Å². The third-order valence-corrected chi connectivity index (χ3v) is 3.12. The van der Waals surface area contributed by atoms with Crippen LogP contribution in [0.1, 0.15) is 27.3 Å². The fourth-order valence-electron chi connectivity index (χ4n) is 2.08. The molecule has 0 saturated carbocycles. The summed E-state index contributed by atoms with van der Waals surface area (Å²) in [5, 5.41) is 6.90. The highest BCUT2D eigenvalue weighted by atomic mass is 16.2. The Bertz CT molecular complexity index is 567. The first kappa shape index (κ1) is 12.4. The minimum atomic E-state index is -0.0342. The van der Waals surface area contributed by atoms with E-state index in [1.54, 1.807) is 11.9 Å². The van der Waals surface area contributed by atoms with Crippen LogP contribution in [0.25, 0.3) is 0 Å². The lowest BCUT2D eigenvalue weighted by atomic mass is 10.1. The fourth-order valence-corrected chi connectivity index (χ4v) is 2.08. The molecule has 0 aliphatic heterocycles. The summed E-state index contributed by atoms with van der Waals surface area (Å²) in [6.45, 7) is 5.69. The van der Waals surface area contributed by atoms with Crippen molar-refractivity contribution in [3.8, 4) is 0 Å². The maximum absolute atomic E-state index is 12.5. The number of para-hydroxylation sites is 1. The van der Waals surface area contributed by atoms with Crippen LogP contribution >= 0.6 is 0 Å². The van der Waals surface area contributed by atoms with Crippen molar-refractivity contribution >= 4 is 11.6 Å². The number of hydrogen-bond acceptors (Lipinski definition) is 2. The van der Waals surface area contributed by atoms with Gasteiger partial charge in [0.05, 0.1) is 11.3 Å². The van der Waals surface area contributed by atoms with Gasteiger partial charge in [0.25, 0.3) is 5.91 Å². The maximum atomic E-state index is 12.5. The van der Waals surface area contributed by atoms with Crippen molar-refractivity contribution in [3.05, 3.63) is 46.8 Å². The minimum Gasteiger partial charge on any atom is -0.311 e. The molecule has 1 amide bonds. The zero-order chi connectivity index (χ0) is 13.3. The van der Waals surface area contributed by atoms with Crippen LogP contribution in [0.15, 0.2) is 24.3 Å². The van der Waals surface area contributed by atoms with Crippen molar-refractivity contribution in [2.45, 2.75) is 20.8 Å². The summed E-state index contributed by atoms with van der Waals surface area (Å²) in [6.07, 6.45) is 0. The number of hydrogen-bond donors (Lipinski definition) is 1. The molecule has 0 bridgehead atoms. The molecule has 0 spiro atoms. The van der Waals surface area contributed by atoms with Crippen LogP contribution in [0.5, 0.6) is 0 Å². The van der Waals surface area contributed by atoms with Crippen LogP contribution in [0.2, 0.25) is 0 Å². The first-order valence-corrected chi connectivity index (χ1v) is 5.87. The van der Waals surface area contributed by atoms with Crippen molar-refractivity contribution in [1.29, 1.82) is 0 Å². The Hall–Kier alpha value is -2.10. The molecule has 1 N–H and O–H groups in total. The number of aryl methyl sites for hydroxylation is 3. The van der Waals surface area contributed by atoms with Gasteiger partial charge in [-0.05, 0) is 32.4 Å². The number of anilines is 1. The SMILES string of the molecule is Cc1ccccc1N(C)C(=O)c1c(C)n[nH]c1C. The Morgan fingerprint density at radius 2 is 1.89 bits per heavy atom. The summed E-state index contributed by atoms with van der Waals surface area (Å²) in [5.74, 6) is -0.0342. The van der Waals surface area contributed by atoms with Crippen molar-refractivity contribution in [3.63, 3.8) is 0 Å². The number of nitrogens with zero attached hydrogens (tertiary/aromatic N) is 2. The lowest BCUT2D eigenvalue weighted by Crippen LogP contribution is -2.27. The molecular weight excluding hydrogens is 226 g/mol. The number of nitrogens with one attached hydrogen (secondary N) is 1. The van der Waals surface area contributed by atoms with E-state index in [4.69, 9.17) is 0 Å². The number of H-pyrrole nitrogens is 1. The molecule has 0 aliphatic carbocycles. The van der Waals surface area contributed by atoms with E-state index in [2.05, 4.69) is 10.2 Å². The van der Waals surface area contributed by atoms with Gasteiger partial charge in [-0.2, -0.15) is 5.10 Å². The van der Waals surface area contributed by atoms with Gasteiger partial charge in [-0.3, -0.25) is 9.89 Å². The predicted molar refractivity (Wildman–Crippen MR) is 72.0 cm³/mol. The van der Waals surface area contributed by atoms with E-state index in [0.717, 1.165) is 22.6 Å². The Kier molecular flexibility index (Phi) is 3.19. The molecule has 2 rings (SSSR count). The molecular formula is C14H17N3O. The van der Waals surface area contributed by atoms with Gasteiger partial charge >= 0.3 is 0 Å². The monoisotopic (exact) mass is 243 g/mol. The first-order valence-electron chi connectivity index (χ1n) is 5.87. The average Bonchev–Trinajstić information content (AvgIpc) is 2.68. The summed E-state index contributed by atoms with van der Waals surface area (Å²) >= 11 is 0. The average molecular weight is 243 g/mol. The number of aromatic nitrogens is 2. The van der Waals surface area contributed by atoms with Crippen molar-refractivity contribution in [2.24, 2.45) is 0 Å². The lowest BCUT2D eigenvalue weighted by molar-refractivity contribution is 0.0992. The molecule has 0 fully saturated rings. The van der Waals surface area contributed by atoms with E-state index >= 15 is 0 Å². The summed E-state index contributed by atoms with van der Waals surface area (Å²) in [4.78, 5) is 14.1. The van der Waals surface area contributed by atoms with Gasteiger partial charge in [-0.15, -0.1) is 0 Å². The molecule has 4 heteroatoms. The summed E-state index contributed by atoms with van der Waals surface area (Å²) in [7, 11) is 1.79. The number of rotatable bonds is 2. The quantitative estimate of drug-likeness (QED) is 0.881. The summed E-state index contributed by atoms with van der Waals surface area (Å²) in [6, 6.07) is 7.83. The Morgan fingerprint density at radius 1 is 1.22 bits per heavy atom. The number of carbonyl (C=O) groups excluding carboxylic acids is 1. The topological polar surface area (TPSA) is 49.0 Å². The highest BCUT2D eigenvalue weighted by Crippen LogP contribution is 2.21. The summed E-state index contributed by atoms with van der Waals surface area (Å²) < 4.78 is 0. The number of benzene rings is 1. The first-order chi connectivity index (χ1) is 8.52. The number of carbonyl (C=O) groups is 1. The van der Waals surface area contributed by atoms with Gasteiger partial charge < -0.3 is 4.90 Å². The molecule has 0 atom stereocenters. The van der Waals surface area contributed by atoms with Gasteiger partial charge in [0.15, 0.2) is 0 Å². The normalized spacial score (nSPS) is 10.4. The van der Waals surface area contributed by atoms with E-state index in [9.17, 15) is 4.79 Å². The molecule has 94 valence electrons. The standard InChI is InChI=1S/C14H17N3O/c1-9-7-5-6-8-12(9)17(4)14(18)13-10(2)15-16-11(13)3/h5-8H,1-4H3,(H,15,16). The third-order valence-electron chi connectivity index (χ3n) is 3.12. The second kappa shape index (κ2) is 4.64. The van der Waals surface area contributed by atoms with E-state index in [1.165, 1.54) is 0 Å². The molecule has 0 saturated heterocycles. The Balaban J connectivity index is 2.39. The lowest BCUT2D eigenvalue weighted by Gasteiger charge is -2.19. The van der Waals surface area contributed by atoms with Gasteiger partial charge in [0.2, 0.25) is 0 Å². The van der Waals surface area contributed by atoms with E-state index in [0.29, 0.717) is 5.56 Å². The van der Waals surface area contributed by atoms with Crippen LogP contribution in [0, 0.1) is 20.8 Å². The van der Waals surface area contributed by atoms with Gasteiger partial charge in [-0.25, -0.2) is 0 Å². The van der Waals surface area contributed by atoms with Crippen LogP contribution in [-0.2, 0) is 0 Å². The molecule has 2 aromatic rings. The zero-order valence-corrected chi connectivity index (χ0v) is 11.1. The van der Waals surface area contributed by atoms with Crippen molar-refractivity contribution in [1.82, 2.24) is 10.2 Å².